The van der Waals surface area contributed by atoms with Gasteiger partial charge in [0.25, 0.3) is 0 Å². The Balaban J connectivity index is 1.88. The molecule has 0 unspecified atom stereocenters. The van der Waals surface area contributed by atoms with Gasteiger partial charge in [0.05, 0.1) is 5.56 Å². The predicted molar refractivity (Wildman–Crippen MR) is 81.6 cm³/mol. The van der Waals surface area contributed by atoms with E-state index >= 15 is 0 Å². The van der Waals surface area contributed by atoms with Gasteiger partial charge in [-0.2, -0.15) is 23.1 Å². The molecule has 1 aromatic heterocycles. The van der Waals surface area contributed by atoms with Crippen LogP contribution < -0.4 is 5.73 Å². The third-order valence-corrected chi connectivity index (χ3v) is 3.15. The Morgan fingerprint density at radius 2 is 1.79 bits per heavy atom. The number of nitrogens with two attached hydrogens (primary N) is 1. The van der Waals surface area contributed by atoms with Crippen LogP contribution in [0.5, 0.6) is 0 Å². The van der Waals surface area contributed by atoms with Crippen molar-refractivity contribution in [2.45, 2.75) is 6.18 Å². The highest BCUT2D eigenvalue weighted by molar-refractivity contribution is 5.98. The topological polar surface area (TPSA) is 77.3 Å². The van der Waals surface area contributed by atoms with Crippen LogP contribution in [0.4, 0.5) is 19.2 Å². The van der Waals surface area contributed by atoms with E-state index in [1.807, 2.05) is 18.2 Å². The van der Waals surface area contributed by atoms with Crippen LogP contribution in [-0.2, 0) is 6.18 Å². The fraction of sp³-hybridized carbons (Fsp3) is 0.0625. The lowest BCUT2D eigenvalue weighted by Gasteiger charge is -2.07. The minimum absolute atomic E-state index is 0.115. The smallest absolute Gasteiger partial charge is 0.383 e. The van der Waals surface area contributed by atoms with Gasteiger partial charge in [0.2, 0.25) is 5.82 Å². The van der Waals surface area contributed by atoms with Gasteiger partial charge in [-0.3, -0.25) is 0 Å². The molecule has 3 aromatic rings. The van der Waals surface area contributed by atoms with Crippen molar-refractivity contribution < 1.29 is 17.7 Å². The minimum atomic E-state index is -4.46. The van der Waals surface area contributed by atoms with Gasteiger partial charge in [-0.15, -0.1) is 0 Å². The number of aliphatic imine (C=N–C) groups is 1. The van der Waals surface area contributed by atoms with Crippen LogP contribution >= 0.6 is 0 Å². The summed E-state index contributed by atoms with van der Waals surface area (Å²) < 4.78 is 43.1. The van der Waals surface area contributed by atoms with Crippen molar-refractivity contribution in [1.29, 1.82) is 0 Å². The molecule has 8 heteroatoms. The Labute approximate surface area is 134 Å². The lowest BCUT2D eigenvalue weighted by atomic mass is 10.1. The van der Waals surface area contributed by atoms with Gasteiger partial charge < -0.3 is 10.3 Å². The standard InChI is InChI=1S/C16H11F3N4O/c17-16(18,19)12-8-4-7-11(9-12)13(20)21-15-22-14(23-24-15)10-5-2-1-3-6-10/h1-9H,(H2,20,21,22,23). The first-order valence-electron chi connectivity index (χ1n) is 6.84. The zero-order valence-electron chi connectivity index (χ0n) is 12.2. The number of benzene rings is 2. The second kappa shape index (κ2) is 6.15. The summed E-state index contributed by atoms with van der Waals surface area (Å²) in [4.78, 5) is 7.94. The van der Waals surface area contributed by atoms with Crippen molar-refractivity contribution in [2.24, 2.45) is 10.7 Å². The summed E-state index contributed by atoms with van der Waals surface area (Å²) >= 11 is 0. The highest BCUT2D eigenvalue weighted by atomic mass is 19.4. The van der Waals surface area contributed by atoms with E-state index in [9.17, 15) is 13.2 Å². The Morgan fingerprint density at radius 1 is 1.04 bits per heavy atom. The Morgan fingerprint density at radius 3 is 2.50 bits per heavy atom. The number of halogens is 3. The first-order chi connectivity index (χ1) is 11.4. The molecule has 0 bridgehead atoms. The highest BCUT2D eigenvalue weighted by Crippen LogP contribution is 2.29. The van der Waals surface area contributed by atoms with Gasteiger partial charge >= 0.3 is 12.2 Å². The molecule has 0 radical (unpaired) electrons. The third-order valence-electron chi connectivity index (χ3n) is 3.15. The van der Waals surface area contributed by atoms with Gasteiger partial charge in [0.15, 0.2) is 0 Å². The normalized spacial score (nSPS) is 12.4. The van der Waals surface area contributed by atoms with Crippen molar-refractivity contribution >= 4 is 11.9 Å². The quantitative estimate of drug-likeness (QED) is 0.585. The van der Waals surface area contributed by atoms with Crippen molar-refractivity contribution in [2.75, 3.05) is 0 Å². The number of rotatable bonds is 3. The van der Waals surface area contributed by atoms with E-state index in [0.717, 1.165) is 17.7 Å². The van der Waals surface area contributed by atoms with Crippen LogP contribution in [-0.4, -0.2) is 16.0 Å². The van der Waals surface area contributed by atoms with E-state index in [-0.39, 0.29) is 17.4 Å². The average Bonchev–Trinajstić information content (AvgIpc) is 3.03. The molecule has 0 fully saturated rings. The first-order valence-corrected chi connectivity index (χ1v) is 6.84. The SMILES string of the molecule is N/C(=N/c1nc(-c2ccccc2)no1)c1cccc(C(F)(F)F)c1. The second-order valence-corrected chi connectivity index (χ2v) is 4.84. The zero-order chi connectivity index (χ0) is 17.2. The molecule has 2 N–H and O–H groups in total. The monoisotopic (exact) mass is 332 g/mol. The third kappa shape index (κ3) is 3.43. The van der Waals surface area contributed by atoms with Crippen molar-refractivity contribution in [3.05, 3.63) is 65.7 Å². The fourth-order valence-corrected chi connectivity index (χ4v) is 1.99. The van der Waals surface area contributed by atoms with Crippen LogP contribution in [0.3, 0.4) is 0 Å². The molecule has 122 valence electrons. The van der Waals surface area contributed by atoms with Gasteiger partial charge in [-0.1, -0.05) is 47.6 Å². The number of hydrogen-bond acceptors (Lipinski definition) is 4. The van der Waals surface area contributed by atoms with Crippen molar-refractivity contribution in [3.8, 4) is 11.4 Å². The first kappa shape index (κ1) is 15.7. The van der Waals surface area contributed by atoms with Gasteiger partial charge in [0.1, 0.15) is 5.84 Å². The predicted octanol–water partition coefficient (Wildman–Crippen LogP) is 3.79. The van der Waals surface area contributed by atoms with Crippen LogP contribution in [0.1, 0.15) is 11.1 Å². The van der Waals surface area contributed by atoms with Crippen LogP contribution in [0.2, 0.25) is 0 Å². The summed E-state index contributed by atoms with van der Waals surface area (Å²) in [5, 5.41) is 3.76. The molecule has 0 aliphatic carbocycles. The molecule has 5 nitrogen and oxygen atoms in total. The maximum Gasteiger partial charge on any atom is 0.416 e. The molecule has 0 spiro atoms. The molecule has 0 saturated carbocycles. The van der Waals surface area contributed by atoms with E-state index < -0.39 is 11.7 Å². The Bertz CT molecular complexity index is 872. The largest absolute Gasteiger partial charge is 0.416 e. The number of alkyl halides is 3. The number of aromatic nitrogens is 2. The Hall–Kier alpha value is -3.16. The lowest BCUT2D eigenvalue weighted by Crippen LogP contribution is -2.14. The maximum absolute atomic E-state index is 12.7. The molecule has 0 saturated heterocycles. The van der Waals surface area contributed by atoms with Crippen LogP contribution in [0, 0.1) is 0 Å². The molecule has 2 aromatic carbocycles. The zero-order valence-corrected chi connectivity index (χ0v) is 12.2. The van der Waals surface area contributed by atoms with E-state index in [4.69, 9.17) is 10.3 Å². The molecule has 1 heterocycles. The summed E-state index contributed by atoms with van der Waals surface area (Å²) in [7, 11) is 0. The maximum atomic E-state index is 12.7. The molecule has 0 atom stereocenters. The molecular weight excluding hydrogens is 321 g/mol. The average molecular weight is 332 g/mol. The fourth-order valence-electron chi connectivity index (χ4n) is 1.99. The summed E-state index contributed by atoms with van der Waals surface area (Å²) in [6, 6.07) is 13.4. The van der Waals surface area contributed by atoms with E-state index in [1.165, 1.54) is 12.1 Å². The molecule has 24 heavy (non-hydrogen) atoms. The van der Waals surface area contributed by atoms with E-state index in [2.05, 4.69) is 15.1 Å². The van der Waals surface area contributed by atoms with Gasteiger partial charge in [-0.25, -0.2) is 0 Å². The Kier molecular flexibility index (Phi) is 4.03. The van der Waals surface area contributed by atoms with Gasteiger partial charge in [-0.05, 0) is 12.1 Å². The summed E-state index contributed by atoms with van der Waals surface area (Å²) in [6.07, 6.45) is -4.46. The van der Waals surface area contributed by atoms with E-state index in [1.54, 1.807) is 12.1 Å². The molecule has 0 aliphatic rings. The summed E-state index contributed by atoms with van der Waals surface area (Å²) in [5.74, 6) is 0.163. The van der Waals surface area contributed by atoms with Gasteiger partial charge in [0, 0.05) is 11.1 Å². The number of nitrogens with zero attached hydrogens (tertiary/aromatic N) is 3. The highest BCUT2D eigenvalue weighted by Gasteiger charge is 2.30. The lowest BCUT2D eigenvalue weighted by molar-refractivity contribution is -0.137. The van der Waals surface area contributed by atoms with Crippen LogP contribution in [0.15, 0.2) is 64.1 Å². The molecule has 3 rings (SSSR count). The summed E-state index contributed by atoms with van der Waals surface area (Å²) in [6.45, 7) is 0. The number of amidine groups is 1. The van der Waals surface area contributed by atoms with Crippen molar-refractivity contribution in [1.82, 2.24) is 10.1 Å². The second-order valence-electron chi connectivity index (χ2n) is 4.84. The number of hydrogen-bond donors (Lipinski definition) is 1. The molecule has 0 amide bonds. The van der Waals surface area contributed by atoms with Crippen LogP contribution in [0.25, 0.3) is 11.4 Å². The summed E-state index contributed by atoms with van der Waals surface area (Å²) in [5.41, 5.74) is 5.77. The van der Waals surface area contributed by atoms with E-state index in [0.29, 0.717) is 5.82 Å². The molecule has 0 aliphatic heterocycles. The minimum Gasteiger partial charge on any atom is -0.383 e. The van der Waals surface area contributed by atoms with Crippen molar-refractivity contribution in [3.63, 3.8) is 0 Å². The molecular formula is C16H11F3N4O.